The van der Waals surface area contributed by atoms with Gasteiger partial charge in [-0.3, -0.25) is 4.79 Å². The molecule has 10 unspecified atom stereocenters. The summed E-state index contributed by atoms with van der Waals surface area (Å²) in [6.07, 6.45) is 19.0. The minimum atomic E-state index is -0.129. The molecule has 148 valence electrons. The number of fused-ring (bicyclic) bond motifs is 10. The quantitative estimate of drug-likeness (QED) is 0.359. The lowest BCUT2D eigenvalue weighted by molar-refractivity contribution is -0.186. The molecule has 0 saturated heterocycles. The average Bonchev–Trinajstić information content (AvgIpc) is 3.47. The first kappa shape index (κ1) is 17.1. The minimum absolute atomic E-state index is 0.129. The van der Waals surface area contributed by atoms with E-state index in [4.69, 9.17) is 4.74 Å². The molecular weight excluding hydrogens is 332 g/mol. The Kier molecular flexibility index (Phi) is 3.86. The molecule has 5 saturated carbocycles. The predicted octanol–water partition coefficient (Wildman–Crippen LogP) is 5.76. The molecule has 0 spiro atoms. The second-order valence-electron chi connectivity index (χ2n) is 11.0. The smallest absolute Gasteiger partial charge is 0.309 e. The molecule has 6 rings (SSSR count). The Morgan fingerprint density at radius 2 is 1.74 bits per heavy atom. The third kappa shape index (κ3) is 2.34. The van der Waals surface area contributed by atoms with Crippen molar-refractivity contribution >= 4 is 5.97 Å². The molecule has 0 amide bonds. The van der Waals surface area contributed by atoms with Crippen molar-refractivity contribution in [3.63, 3.8) is 0 Å². The molecule has 0 aromatic heterocycles. The van der Waals surface area contributed by atoms with Gasteiger partial charge in [0.25, 0.3) is 0 Å². The van der Waals surface area contributed by atoms with E-state index in [1.165, 1.54) is 51.4 Å². The van der Waals surface area contributed by atoms with Crippen LogP contribution in [0.5, 0.6) is 0 Å². The maximum Gasteiger partial charge on any atom is 0.309 e. The summed E-state index contributed by atoms with van der Waals surface area (Å²) in [7, 11) is 0. The molecule has 0 aliphatic heterocycles. The lowest BCUT2D eigenvalue weighted by Gasteiger charge is -2.50. The number of hydrogen-bond donors (Lipinski definition) is 0. The summed E-state index contributed by atoms with van der Waals surface area (Å²) in [5.74, 6) is 6.67. The third-order valence-electron chi connectivity index (χ3n) is 10.2. The summed E-state index contributed by atoms with van der Waals surface area (Å²) < 4.78 is 6.61. The molecule has 10 atom stereocenters. The van der Waals surface area contributed by atoms with Crippen LogP contribution in [0.1, 0.15) is 77.6 Å². The van der Waals surface area contributed by atoms with Gasteiger partial charge in [-0.05, 0) is 92.8 Å². The zero-order valence-corrected chi connectivity index (χ0v) is 16.9. The van der Waals surface area contributed by atoms with Crippen molar-refractivity contribution in [2.45, 2.75) is 83.2 Å². The van der Waals surface area contributed by atoms with Crippen LogP contribution in [-0.2, 0) is 9.53 Å². The largest absolute Gasteiger partial charge is 0.459 e. The van der Waals surface area contributed by atoms with Crippen molar-refractivity contribution in [1.29, 1.82) is 0 Å². The molecule has 0 N–H and O–H groups in total. The average molecular weight is 369 g/mol. The van der Waals surface area contributed by atoms with Crippen LogP contribution in [0, 0.1) is 53.3 Å². The number of esters is 1. The van der Waals surface area contributed by atoms with Gasteiger partial charge in [0.1, 0.15) is 5.60 Å². The molecule has 0 aromatic rings. The van der Waals surface area contributed by atoms with E-state index in [1.54, 1.807) is 0 Å². The molecule has 6 aliphatic rings. The van der Waals surface area contributed by atoms with Crippen molar-refractivity contribution in [3.05, 3.63) is 12.2 Å². The first-order chi connectivity index (χ1) is 13.2. The van der Waals surface area contributed by atoms with Crippen LogP contribution in [-0.4, -0.2) is 11.6 Å². The summed E-state index contributed by atoms with van der Waals surface area (Å²) in [5.41, 5.74) is -0.129. The topological polar surface area (TPSA) is 26.3 Å². The van der Waals surface area contributed by atoms with E-state index in [9.17, 15) is 4.79 Å². The summed E-state index contributed by atoms with van der Waals surface area (Å²) in [4.78, 5) is 13.5. The van der Waals surface area contributed by atoms with E-state index in [-0.39, 0.29) is 17.5 Å². The molecule has 0 heterocycles. The van der Waals surface area contributed by atoms with Crippen LogP contribution in [0.3, 0.4) is 0 Å². The molecule has 2 heteroatoms. The molecular formula is C25H36O2. The molecule has 2 nitrogen and oxygen atoms in total. The Morgan fingerprint density at radius 3 is 2.59 bits per heavy atom. The zero-order chi connectivity index (χ0) is 18.2. The fourth-order valence-electron chi connectivity index (χ4n) is 9.30. The molecule has 4 bridgehead atoms. The lowest BCUT2D eigenvalue weighted by atomic mass is 9.62. The summed E-state index contributed by atoms with van der Waals surface area (Å²) in [6, 6.07) is 0. The molecule has 27 heavy (non-hydrogen) atoms. The van der Waals surface area contributed by atoms with Crippen molar-refractivity contribution in [2.24, 2.45) is 53.3 Å². The first-order valence-electron chi connectivity index (χ1n) is 12.1. The molecule has 0 radical (unpaired) electrons. The van der Waals surface area contributed by atoms with Crippen molar-refractivity contribution < 1.29 is 9.53 Å². The monoisotopic (exact) mass is 368 g/mol. The fourth-order valence-corrected chi connectivity index (χ4v) is 9.30. The first-order valence-corrected chi connectivity index (χ1v) is 12.1. The van der Waals surface area contributed by atoms with Gasteiger partial charge >= 0.3 is 5.97 Å². The highest BCUT2D eigenvalue weighted by Gasteiger charge is 2.63. The highest BCUT2D eigenvalue weighted by atomic mass is 16.6. The molecule has 6 aliphatic carbocycles. The van der Waals surface area contributed by atoms with Crippen LogP contribution in [0.2, 0.25) is 0 Å². The van der Waals surface area contributed by atoms with Gasteiger partial charge in [-0.15, -0.1) is 0 Å². The number of carbonyl (C=O) groups is 1. The fraction of sp³-hybridized carbons (Fsp3) is 0.880. The lowest BCUT2D eigenvalue weighted by Crippen LogP contribution is -2.50. The standard InChI is InChI=1S/C25H36O2/c1-2-25(11-5-7-15-6-3-4-8-21(15)25)27-24(26)20-14-18-13-19(20)23-17-10-9-16(12-17)22(18)23/h9-10,15-23H,2-8,11-14H2,1H3. The van der Waals surface area contributed by atoms with E-state index in [1.807, 2.05) is 0 Å². The van der Waals surface area contributed by atoms with Gasteiger partial charge in [-0.2, -0.15) is 0 Å². The van der Waals surface area contributed by atoms with Crippen LogP contribution in [0.25, 0.3) is 0 Å². The minimum Gasteiger partial charge on any atom is -0.459 e. The van der Waals surface area contributed by atoms with Gasteiger partial charge in [0.05, 0.1) is 5.92 Å². The molecule has 5 fully saturated rings. The van der Waals surface area contributed by atoms with E-state index >= 15 is 0 Å². The van der Waals surface area contributed by atoms with E-state index in [2.05, 4.69) is 19.1 Å². The summed E-state index contributed by atoms with van der Waals surface area (Å²) in [5, 5.41) is 0. The van der Waals surface area contributed by atoms with Gasteiger partial charge in [-0.25, -0.2) is 0 Å². The summed E-state index contributed by atoms with van der Waals surface area (Å²) >= 11 is 0. The Bertz CT molecular complexity index is 651. The van der Waals surface area contributed by atoms with E-state index in [0.29, 0.717) is 11.8 Å². The number of hydrogen-bond acceptors (Lipinski definition) is 2. The maximum atomic E-state index is 13.5. The van der Waals surface area contributed by atoms with E-state index < -0.39 is 0 Å². The Morgan fingerprint density at radius 1 is 0.963 bits per heavy atom. The SMILES string of the molecule is CCC1(OC(=O)C2CC3CC2C2C4C=CC(C4)C32)CCCC2CCCCC21. The Labute approximate surface area is 164 Å². The number of carbonyl (C=O) groups excluding carboxylic acids is 1. The van der Waals surface area contributed by atoms with Crippen molar-refractivity contribution in [2.75, 3.05) is 0 Å². The highest BCUT2D eigenvalue weighted by molar-refractivity contribution is 5.74. The summed E-state index contributed by atoms with van der Waals surface area (Å²) in [6.45, 7) is 2.28. The van der Waals surface area contributed by atoms with Crippen molar-refractivity contribution in [3.8, 4) is 0 Å². The second kappa shape index (κ2) is 6.10. The van der Waals surface area contributed by atoms with E-state index in [0.717, 1.165) is 54.8 Å². The Hall–Kier alpha value is -0.790. The number of rotatable bonds is 3. The van der Waals surface area contributed by atoms with Crippen LogP contribution < -0.4 is 0 Å². The van der Waals surface area contributed by atoms with Gasteiger partial charge in [0, 0.05) is 5.92 Å². The number of allylic oxidation sites excluding steroid dienone is 2. The van der Waals surface area contributed by atoms with Crippen molar-refractivity contribution in [1.82, 2.24) is 0 Å². The highest BCUT2D eigenvalue weighted by Crippen LogP contribution is 2.67. The zero-order valence-electron chi connectivity index (χ0n) is 16.9. The third-order valence-corrected chi connectivity index (χ3v) is 10.2. The van der Waals surface area contributed by atoms with Gasteiger partial charge in [0.2, 0.25) is 0 Å². The van der Waals surface area contributed by atoms with Gasteiger partial charge in [-0.1, -0.05) is 38.3 Å². The molecule has 0 aromatic carbocycles. The predicted molar refractivity (Wildman–Crippen MR) is 106 cm³/mol. The second-order valence-corrected chi connectivity index (χ2v) is 11.0. The maximum absolute atomic E-state index is 13.5. The Balaban J connectivity index is 1.21. The number of ether oxygens (including phenoxy) is 1. The normalized spacial score (nSPS) is 54.8. The van der Waals surface area contributed by atoms with Crippen LogP contribution >= 0.6 is 0 Å². The van der Waals surface area contributed by atoms with Gasteiger partial charge < -0.3 is 4.74 Å². The van der Waals surface area contributed by atoms with Crippen LogP contribution in [0.15, 0.2) is 12.2 Å². The van der Waals surface area contributed by atoms with Gasteiger partial charge in [0.15, 0.2) is 0 Å². The van der Waals surface area contributed by atoms with Crippen LogP contribution in [0.4, 0.5) is 0 Å².